The van der Waals surface area contributed by atoms with Gasteiger partial charge >= 0.3 is 0 Å². The van der Waals surface area contributed by atoms with Crippen LogP contribution in [0.25, 0.3) is 0 Å². The third kappa shape index (κ3) is 3.23. The molecule has 0 heteroatoms. The van der Waals surface area contributed by atoms with Crippen molar-refractivity contribution in [1.82, 2.24) is 0 Å². The molecule has 1 aliphatic carbocycles. The predicted octanol–water partition coefficient (Wildman–Crippen LogP) is 5.06. The molecule has 0 spiro atoms. The van der Waals surface area contributed by atoms with Crippen LogP contribution in [0.5, 0.6) is 0 Å². The average molecular weight is 216 g/mol. The lowest BCUT2D eigenvalue weighted by Gasteiger charge is -2.23. The molecule has 0 fully saturated rings. The minimum atomic E-state index is 0.504. The zero-order chi connectivity index (χ0) is 12.0. The summed E-state index contributed by atoms with van der Waals surface area (Å²) in [6, 6.07) is 0. The van der Waals surface area contributed by atoms with Crippen LogP contribution in [0.4, 0.5) is 0 Å². The molecule has 0 amide bonds. The first-order valence-corrected chi connectivity index (χ1v) is 6.32. The van der Waals surface area contributed by atoms with Gasteiger partial charge in [-0.1, -0.05) is 49.3 Å². The maximum atomic E-state index is 3.93. The van der Waals surface area contributed by atoms with Crippen molar-refractivity contribution in [3.63, 3.8) is 0 Å². The summed E-state index contributed by atoms with van der Waals surface area (Å²) < 4.78 is 0. The first-order chi connectivity index (χ1) is 7.70. The highest BCUT2D eigenvalue weighted by atomic mass is 14.2. The van der Waals surface area contributed by atoms with Crippen molar-refractivity contribution in [2.45, 2.75) is 39.5 Å². The van der Waals surface area contributed by atoms with E-state index in [1.165, 1.54) is 25.7 Å². The highest BCUT2D eigenvalue weighted by molar-refractivity contribution is 5.26. The molecule has 0 nitrogen and oxygen atoms in total. The SMILES string of the molecule is C=CC(C)/C1=C(\C(C)C=C)CC/C=C\CC1. The van der Waals surface area contributed by atoms with Gasteiger partial charge in [-0.3, -0.25) is 0 Å². The van der Waals surface area contributed by atoms with Crippen LogP contribution in [0.3, 0.4) is 0 Å². The molecular formula is C16H24. The molecule has 1 aliphatic rings. The lowest BCUT2D eigenvalue weighted by molar-refractivity contribution is 0.680. The Labute approximate surface area is 100 Å². The second-order valence-corrected chi connectivity index (χ2v) is 4.65. The number of allylic oxidation sites excluding steroid dienone is 6. The average Bonchev–Trinajstić information content (AvgIpc) is 2.27. The monoisotopic (exact) mass is 216 g/mol. The van der Waals surface area contributed by atoms with E-state index in [1.54, 1.807) is 11.1 Å². The van der Waals surface area contributed by atoms with Crippen molar-refractivity contribution in [3.05, 3.63) is 48.6 Å². The van der Waals surface area contributed by atoms with Gasteiger partial charge in [0.15, 0.2) is 0 Å². The van der Waals surface area contributed by atoms with Crippen molar-refractivity contribution in [2.24, 2.45) is 11.8 Å². The van der Waals surface area contributed by atoms with E-state index in [9.17, 15) is 0 Å². The van der Waals surface area contributed by atoms with Gasteiger partial charge in [-0.25, -0.2) is 0 Å². The zero-order valence-corrected chi connectivity index (χ0v) is 10.7. The molecule has 1 rings (SSSR count). The molecule has 0 aromatic rings. The Bertz CT molecular complexity index is 274. The summed E-state index contributed by atoms with van der Waals surface area (Å²) in [6.07, 6.45) is 13.4. The van der Waals surface area contributed by atoms with Crippen molar-refractivity contribution < 1.29 is 0 Å². The summed E-state index contributed by atoms with van der Waals surface area (Å²) in [6.45, 7) is 12.4. The summed E-state index contributed by atoms with van der Waals surface area (Å²) in [7, 11) is 0. The minimum Gasteiger partial charge on any atom is -0.102 e. The van der Waals surface area contributed by atoms with E-state index < -0.39 is 0 Å². The lowest BCUT2D eigenvalue weighted by Crippen LogP contribution is -2.07. The minimum absolute atomic E-state index is 0.504. The standard InChI is InChI=1S/C16H24/c1-5-13(3)15-11-9-7-8-10-12-16(15)14(4)6-2/h5-8,13-14H,1-2,9-12H2,3-4H3/b8-7-,16-15-. The zero-order valence-electron chi connectivity index (χ0n) is 10.7. The van der Waals surface area contributed by atoms with Crippen molar-refractivity contribution in [1.29, 1.82) is 0 Å². The van der Waals surface area contributed by atoms with E-state index >= 15 is 0 Å². The molecule has 0 N–H and O–H groups in total. The molecule has 16 heavy (non-hydrogen) atoms. The van der Waals surface area contributed by atoms with Gasteiger partial charge in [-0.05, 0) is 37.5 Å². The molecule has 88 valence electrons. The van der Waals surface area contributed by atoms with Crippen LogP contribution in [0.1, 0.15) is 39.5 Å². The summed E-state index contributed by atoms with van der Waals surface area (Å²) in [5.74, 6) is 1.01. The second kappa shape index (κ2) is 6.52. The molecule has 0 bridgehead atoms. The Morgan fingerprint density at radius 3 is 1.62 bits per heavy atom. The Kier molecular flexibility index (Phi) is 5.31. The third-order valence-corrected chi connectivity index (χ3v) is 3.55. The van der Waals surface area contributed by atoms with Gasteiger partial charge < -0.3 is 0 Å². The smallest absolute Gasteiger partial charge is 0.00513 e. The number of rotatable bonds is 4. The molecular weight excluding hydrogens is 192 g/mol. The van der Waals surface area contributed by atoms with E-state index in [1.807, 2.05) is 0 Å². The summed E-state index contributed by atoms with van der Waals surface area (Å²) >= 11 is 0. The first-order valence-electron chi connectivity index (χ1n) is 6.32. The fourth-order valence-corrected chi connectivity index (χ4v) is 2.36. The molecule has 2 unspecified atom stereocenters. The van der Waals surface area contributed by atoms with Gasteiger partial charge in [0.25, 0.3) is 0 Å². The molecule has 2 atom stereocenters. The lowest BCUT2D eigenvalue weighted by atomic mass is 9.83. The van der Waals surface area contributed by atoms with Crippen LogP contribution in [-0.4, -0.2) is 0 Å². The number of hydrogen-bond acceptors (Lipinski definition) is 0. The number of hydrogen-bond donors (Lipinski definition) is 0. The predicted molar refractivity (Wildman–Crippen MR) is 73.4 cm³/mol. The van der Waals surface area contributed by atoms with Crippen molar-refractivity contribution >= 4 is 0 Å². The fraction of sp³-hybridized carbons (Fsp3) is 0.500. The van der Waals surface area contributed by atoms with Crippen LogP contribution in [0.15, 0.2) is 48.6 Å². The molecule has 0 saturated carbocycles. The fourth-order valence-electron chi connectivity index (χ4n) is 2.36. The van der Waals surface area contributed by atoms with Crippen LogP contribution in [0.2, 0.25) is 0 Å². The third-order valence-electron chi connectivity index (χ3n) is 3.55. The van der Waals surface area contributed by atoms with Gasteiger partial charge in [0.05, 0.1) is 0 Å². The molecule has 0 radical (unpaired) electrons. The summed E-state index contributed by atoms with van der Waals surface area (Å²) in [5, 5.41) is 0. The highest BCUT2D eigenvalue weighted by Crippen LogP contribution is 2.31. The normalized spacial score (nSPS) is 27.4. The molecule has 0 aliphatic heterocycles. The van der Waals surface area contributed by atoms with Gasteiger partial charge in [0.1, 0.15) is 0 Å². The maximum Gasteiger partial charge on any atom is -0.00513 e. The Balaban J connectivity index is 3.02. The van der Waals surface area contributed by atoms with E-state index in [0.29, 0.717) is 11.8 Å². The second-order valence-electron chi connectivity index (χ2n) is 4.65. The maximum absolute atomic E-state index is 3.93. The highest BCUT2D eigenvalue weighted by Gasteiger charge is 2.15. The van der Waals surface area contributed by atoms with Crippen molar-refractivity contribution in [2.75, 3.05) is 0 Å². The largest absolute Gasteiger partial charge is 0.102 e. The molecule has 0 aromatic heterocycles. The molecule has 0 heterocycles. The van der Waals surface area contributed by atoms with Crippen LogP contribution in [0, 0.1) is 11.8 Å². The van der Waals surface area contributed by atoms with Crippen molar-refractivity contribution in [3.8, 4) is 0 Å². The summed E-state index contributed by atoms with van der Waals surface area (Å²) in [4.78, 5) is 0. The van der Waals surface area contributed by atoms with E-state index in [4.69, 9.17) is 0 Å². The van der Waals surface area contributed by atoms with Crippen LogP contribution >= 0.6 is 0 Å². The topological polar surface area (TPSA) is 0 Å². The van der Waals surface area contributed by atoms with Gasteiger partial charge in [0.2, 0.25) is 0 Å². The van der Waals surface area contributed by atoms with E-state index in [2.05, 4.69) is 51.3 Å². The Morgan fingerprint density at radius 1 is 0.938 bits per heavy atom. The van der Waals surface area contributed by atoms with Crippen LogP contribution < -0.4 is 0 Å². The quantitative estimate of drug-likeness (QED) is 0.576. The molecule has 0 saturated heterocycles. The molecule has 0 aromatic carbocycles. The summed E-state index contributed by atoms with van der Waals surface area (Å²) in [5.41, 5.74) is 3.18. The Morgan fingerprint density at radius 2 is 1.31 bits per heavy atom. The first kappa shape index (κ1) is 13.0. The van der Waals surface area contributed by atoms with Gasteiger partial charge in [-0.15, -0.1) is 13.2 Å². The van der Waals surface area contributed by atoms with E-state index in [0.717, 1.165) is 0 Å². The van der Waals surface area contributed by atoms with Gasteiger partial charge in [0, 0.05) is 0 Å². The Hall–Kier alpha value is -1.04. The van der Waals surface area contributed by atoms with E-state index in [-0.39, 0.29) is 0 Å². The van der Waals surface area contributed by atoms with Crippen LogP contribution in [-0.2, 0) is 0 Å². The van der Waals surface area contributed by atoms with Gasteiger partial charge in [-0.2, -0.15) is 0 Å².